The van der Waals surface area contributed by atoms with Crippen molar-refractivity contribution in [2.45, 2.75) is 0 Å². The minimum atomic E-state index is 0.609. The second kappa shape index (κ2) is 12.2. The average molecular weight is 732 g/mol. The van der Waals surface area contributed by atoms with Crippen molar-refractivity contribution in [1.29, 1.82) is 0 Å². The van der Waals surface area contributed by atoms with Crippen LogP contribution in [0.15, 0.2) is 180 Å². The van der Waals surface area contributed by atoms with Crippen LogP contribution in [0.5, 0.6) is 0 Å². The van der Waals surface area contributed by atoms with Crippen molar-refractivity contribution in [1.82, 2.24) is 15.0 Å². The van der Waals surface area contributed by atoms with Gasteiger partial charge in [0.1, 0.15) is 11.2 Å². The van der Waals surface area contributed by atoms with Crippen molar-refractivity contribution in [3.63, 3.8) is 0 Å². The number of aromatic nitrogens is 3. The van der Waals surface area contributed by atoms with Gasteiger partial charge in [-0.25, -0.2) is 15.0 Å². The topological polar surface area (TPSA) is 51.8 Å². The molecule has 0 N–H and O–H groups in total. The second-order valence-corrected chi connectivity index (χ2v) is 15.3. The van der Waals surface area contributed by atoms with Crippen LogP contribution < -0.4 is 0 Å². The third-order valence-corrected chi connectivity index (χ3v) is 12.3. The van der Waals surface area contributed by atoms with E-state index in [9.17, 15) is 0 Å². The Morgan fingerprint density at radius 2 is 0.893 bits per heavy atom. The van der Waals surface area contributed by atoms with E-state index in [4.69, 9.17) is 19.4 Å². The highest BCUT2D eigenvalue weighted by molar-refractivity contribution is 7.26. The summed E-state index contributed by atoms with van der Waals surface area (Å²) in [6.07, 6.45) is 0. The minimum absolute atomic E-state index is 0.609. The van der Waals surface area contributed by atoms with Crippen LogP contribution in [0.25, 0.3) is 120 Å². The van der Waals surface area contributed by atoms with Crippen molar-refractivity contribution in [3.05, 3.63) is 176 Å². The molecule has 5 heteroatoms. The highest BCUT2D eigenvalue weighted by Crippen LogP contribution is 2.42. The summed E-state index contributed by atoms with van der Waals surface area (Å²) >= 11 is 1.78. The molecule has 0 aliphatic heterocycles. The van der Waals surface area contributed by atoms with E-state index in [1.54, 1.807) is 11.3 Å². The van der Waals surface area contributed by atoms with Gasteiger partial charge < -0.3 is 4.42 Å². The van der Waals surface area contributed by atoms with Gasteiger partial charge in [-0.2, -0.15) is 0 Å². The van der Waals surface area contributed by atoms with Crippen LogP contribution in [-0.2, 0) is 0 Å². The van der Waals surface area contributed by atoms with Crippen LogP contribution in [0.2, 0.25) is 0 Å². The first-order valence-corrected chi connectivity index (χ1v) is 19.6. The van der Waals surface area contributed by atoms with Crippen molar-refractivity contribution < 1.29 is 4.42 Å². The molecule has 4 nitrogen and oxygen atoms in total. The van der Waals surface area contributed by atoms with Crippen molar-refractivity contribution in [2.75, 3.05) is 0 Å². The maximum Gasteiger partial charge on any atom is 0.165 e. The molecule has 0 radical (unpaired) electrons. The molecule has 0 saturated heterocycles. The number of thiophene rings is 1. The SMILES string of the molecule is c1ccc(-c2nc(-c3cccc4c3sc3ccccc34)nc(-c3cccc4oc5cc(-c6ccc7c8ccccc8c8ccccc8c7c6)ccc5c34)n2)cc1. The van der Waals surface area contributed by atoms with Crippen LogP contribution in [-0.4, -0.2) is 15.0 Å². The molecule has 0 aliphatic rings. The number of hydrogen-bond donors (Lipinski definition) is 0. The van der Waals surface area contributed by atoms with E-state index in [1.165, 1.54) is 52.5 Å². The number of benzene rings is 9. The summed E-state index contributed by atoms with van der Waals surface area (Å²) in [5.41, 5.74) is 6.69. The van der Waals surface area contributed by atoms with Gasteiger partial charge in [-0.3, -0.25) is 0 Å². The molecule has 3 aromatic heterocycles. The molecule has 12 aromatic rings. The van der Waals surface area contributed by atoms with Crippen LogP contribution in [0.4, 0.5) is 0 Å². The summed E-state index contributed by atoms with van der Waals surface area (Å²) in [5.74, 6) is 1.89. The Hall–Kier alpha value is -7.21. The lowest BCUT2D eigenvalue weighted by Gasteiger charge is -2.12. The number of nitrogens with zero attached hydrogens (tertiary/aromatic N) is 3. The van der Waals surface area contributed by atoms with Crippen molar-refractivity contribution in [3.8, 4) is 45.3 Å². The van der Waals surface area contributed by atoms with E-state index in [1.807, 2.05) is 30.3 Å². The average Bonchev–Trinajstić information content (AvgIpc) is 3.85. The van der Waals surface area contributed by atoms with E-state index in [0.717, 1.165) is 49.8 Å². The van der Waals surface area contributed by atoms with Gasteiger partial charge in [-0.1, -0.05) is 140 Å². The fraction of sp³-hybridized carbons (Fsp3) is 0. The summed E-state index contributed by atoms with van der Waals surface area (Å²) < 4.78 is 9.05. The zero-order chi connectivity index (χ0) is 36.7. The molecule has 56 heavy (non-hydrogen) atoms. The molecule has 0 bridgehead atoms. The van der Waals surface area contributed by atoms with Gasteiger partial charge in [-0.15, -0.1) is 11.3 Å². The third kappa shape index (κ3) is 4.75. The lowest BCUT2D eigenvalue weighted by atomic mass is 9.92. The fourth-order valence-electron chi connectivity index (χ4n) is 8.54. The Morgan fingerprint density at radius 1 is 0.339 bits per heavy atom. The first-order valence-electron chi connectivity index (χ1n) is 18.8. The Balaban J connectivity index is 1.04. The fourth-order valence-corrected chi connectivity index (χ4v) is 9.75. The predicted octanol–water partition coefficient (Wildman–Crippen LogP) is 14.3. The lowest BCUT2D eigenvalue weighted by molar-refractivity contribution is 0.669. The molecular formula is C51H29N3OS. The van der Waals surface area contributed by atoms with Crippen molar-refractivity contribution >= 4 is 85.8 Å². The van der Waals surface area contributed by atoms with Crippen LogP contribution in [0, 0.1) is 0 Å². The van der Waals surface area contributed by atoms with Gasteiger partial charge >= 0.3 is 0 Å². The molecule has 0 fully saturated rings. The highest BCUT2D eigenvalue weighted by Gasteiger charge is 2.20. The monoisotopic (exact) mass is 731 g/mol. The first-order chi connectivity index (χ1) is 27.7. The third-order valence-electron chi connectivity index (χ3n) is 11.1. The largest absolute Gasteiger partial charge is 0.456 e. The number of fused-ring (bicyclic) bond motifs is 12. The summed E-state index contributed by atoms with van der Waals surface area (Å²) in [6, 6.07) is 62.1. The number of rotatable bonds is 4. The number of furan rings is 1. The Bertz CT molecular complexity index is 3510. The quantitative estimate of drug-likeness (QED) is 0.169. The Labute approximate surface area is 325 Å². The molecule has 3 heterocycles. The molecule has 0 amide bonds. The molecule has 0 saturated carbocycles. The van der Waals surface area contributed by atoms with Gasteiger partial charge in [0.05, 0.1) is 0 Å². The normalized spacial score (nSPS) is 11.9. The van der Waals surface area contributed by atoms with E-state index < -0.39 is 0 Å². The summed E-state index contributed by atoms with van der Waals surface area (Å²) in [6.45, 7) is 0. The first kappa shape index (κ1) is 31.2. The highest BCUT2D eigenvalue weighted by atomic mass is 32.1. The Morgan fingerprint density at radius 3 is 1.66 bits per heavy atom. The van der Waals surface area contributed by atoms with Gasteiger partial charge in [0, 0.05) is 47.6 Å². The van der Waals surface area contributed by atoms with Gasteiger partial charge in [0.2, 0.25) is 0 Å². The van der Waals surface area contributed by atoms with Crippen LogP contribution >= 0.6 is 11.3 Å². The summed E-state index contributed by atoms with van der Waals surface area (Å²) in [4.78, 5) is 15.5. The standard InChI is InChI=1S/C51H29N3OS/c1-2-12-30(13-3-1)49-52-50(54-51(53-49)42-21-10-19-39-38-18-8-9-23-46(38)56-48(39)42)41-20-11-22-44-47(41)40-27-25-32(29-45(40)55-44)31-24-26-37-35-16-5-4-14-33(35)34-15-6-7-17-36(34)43(37)28-31/h1-29H. The van der Waals surface area contributed by atoms with Crippen LogP contribution in [0.1, 0.15) is 0 Å². The molecular weight excluding hydrogens is 703 g/mol. The van der Waals surface area contributed by atoms with E-state index in [2.05, 4.69) is 146 Å². The van der Waals surface area contributed by atoms with Gasteiger partial charge in [-0.05, 0) is 79.8 Å². The molecule has 12 rings (SSSR count). The smallest absolute Gasteiger partial charge is 0.165 e. The molecule has 0 aliphatic carbocycles. The van der Waals surface area contributed by atoms with Crippen LogP contribution in [0.3, 0.4) is 0 Å². The summed E-state index contributed by atoms with van der Waals surface area (Å²) in [7, 11) is 0. The summed E-state index contributed by atoms with van der Waals surface area (Å²) in [5, 5.41) is 12.0. The lowest BCUT2D eigenvalue weighted by Crippen LogP contribution is -2.00. The van der Waals surface area contributed by atoms with E-state index in [-0.39, 0.29) is 0 Å². The maximum absolute atomic E-state index is 6.64. The van der Waals surface area contributed by atoms with Gasteiger partial charge in [0.25, 0.3) is 0 Å². The maximum atomic E-state index is 6.64. The molecule has 0 spiro atoms. The number of hydrogen-bond acceptors (Lipinski definition) is 5. The zero-order valence-corrected chi connectivity index (χ0v) is 30.7. The molecule has 9 aromatic carbocycles. The second-order valence-electron chi connectivity index (χ2n) is 14.3. The van der Waals surface area contributed by atoms with Crippen molar-refractivity contribution in [2.24, 2.45) is 0 Å². The minimum Gasteiger partial charge on any atom is -0.456 e. The Kier molecular flexibility index (Phi) is 6.76. The van der Waals surface area contributed by atoms with E-state index >= 15 is 0 Å². The zero-order valence-electron chi connectivity index (χ0n) is 29.9. The molecule has 260 valence electrons. The van der Waals surface area contributed by atoms with Gasteiger partial charge in [0.15, 0.2) is 17.5 Å². The predicted molar refractivity (Wildman–Crippen MR) is 234 cm³/mol. The molecule has 0 unspecified atom stereocenters. The van der Waals surface area contributed by atoms with E-state index in [0.29, 0.717) is 17.5 Å². The molecule has 0 atom stereocenters.